The van der Waals surface area contributed by atoms with Crippen molar-refractivity contribution in [2.24, 2.45) is 0 Å². The third kappa shape index (κ3) is 2.43. The van der Waals surface area contributed by atoms with E-state index in [4.69, 9.17) is 12.2 Å². The number of nitrogens with one attached hydrogen (secondary N) is 2. The second kappa shape index (κ2) is 5.04. The number of hydrogen-bond acceptors (Lipinski definition) is 2. The van der Waals surface area contributed by atoms with Gasteiger partial charge in [0.25, 0.3) is 0 Å². The van der Waals surface area contributed by atoms with Gasteiger partial charge in [-0.3, -0.25) is 0 Å². The highest BCUT2D eigenvalue weighted by molar-refractivity contribution is 7.98. The molecule has 1 aromatic heterocycles. The largest absolute Gasteiger partial charge is 0.358 e. The van der Waals surface area contributed by atoms with Gasteiger partial charge in [0.15, 0.2) is 16.6 Å². The van der Waals surface area contributed by atoms with Crippen LogP contribution in [0.2, 0.25) is 0 Å². The maximum absolute atomic E-state index is 11.9. The minimum atomic E-state index is -2.69. The lowest BCUT2D eigenvalue weighted by Gasteiger charge is -2.21. The van der Waals surface area contributed by atoms with E-state index in [-0.39, 0.29) is 12.1 Å². The van der Waals surface area contributed by atoms with E-state index in [1.807, 2.05) is 12.1 Å². The van der Waals surface area contributed by atoms with Gasteiger partial charge in [-0.15, -0.1) is 0 Å². The summed E-state index contributed by atoms with van der Waals surface area (Å²) in [6, 6.07) is 10.4. The standard InChI is InChI=1S/C15H17N3O2S2/c19-22(20)8-13-14(9-22)18(15(21)17-13)6-5-11-7-10-3-1-2-4-12(10)16-11/h1-4,7,13-14,16H,5-6,8-9H2,(H-,17,19,20,21)/p+1/t13-,14-/m0/s1. The first kappa shape index (κ1) is 14.2. The average molecular weight is 336 g/mol. The van der Waals surface area contributed by atoms with E-state index in [0.29, 0.717) is 16.6 Å². The van der Waals surface area contributed by atoms with Gasteiger partial charge >= 0.3 is 0 Å². The van der Waals surface area contributed by atoms with Crippen LogP contribution in [-0.2, 0) is 20.8 Å². The fourth-order valence-corrected chi connectivity index (χ4v) is 5.78. The van der Waals surface area contributed by atoms with E-state index in [0.717, 1.165) is 24.2 Å². The number of nitrogens with zero attached hydrogens (tertiary/aromatic N) is 1. The number of fused-ring (bicyclic) bond motifs is 2. The predicted octanol–water partition coefficient (Wildman–Crippen LogP) is 1.62. The maximum atomic E-state index is 11.9. The van der Waals surface area contributed by atoms with Crippen molar-refractivity contribution in [2.75, 3.05) is 18.1 Å². The minimum Gasteiger partial charge on any atom is -0.358 e. The Morgan fingerprint density at radius 1 is 1.36 bits per heavy atom. The first-order chi connectivity index (χ1) is 10.5. The minimum absolute atomic E-state index is 0.0210. The fraction of sp³-hybridized carbons (Fsp3) is 0.400. The highest BCUT2D eigenvalue weighted by Crippen LogP contribution is 2.27. The molecule has 1 unspecified atom stereocenters. The van der Waals surface area contributed by atoms with Crippen LogP contribution in [0.25, 0.3) is 10.9 Å². The molecule has 0 radical (unpaired) electrons. The van der Waals surface area contributed by atoms with Crippen molar-refractivity contribution in [3.63, 3.8) is 0 Å². The number of rotatable bonds is 3. The van der Waals surface area contributed by atoms with Gasteiger partial charge in [0, 0.05) is 24.2 Å². The predicted molar refractivity (Wildman–Crippen MR) is 92.4 cm³/mol. The van der Waals surface area contributed by atoms with Gasteiger partial charge in [0.1, 0.15) is 12.1 Å². The molecule has 4 rings (SSSR count). The van der Waals surface area contributed by atoms with Gasteiger partial charge in [-0.25, -0.2) is 0 Å². The van der Waals surface area contributed by atoms with Crippen molar-refractivity contribution in [1.82, 2.24) is 15.2 Å². The lowest BCUT2D eigenvalue weighted by molar-refractivity contribution is 0.356. The quantitative estimate of drug-likeness (QED) is 0.587. The van der Waals surface area contributed by atoms with E-state index < -0.39 is 10.2 Å². The van der Waals surface area contributed by atoms with Crippen molar-refractivity contribution in [3.8, 4) is 0 Å². The Labute approximate surface area is 135 Å². The van der Waals surface area contributed by atoms with Crippen LogP contribution >= 0.6 is 12.2 Å². The number of hydrogen-bond donors (Lipinski definition) is 3. The molecule has 7 heteroatoms. The molecule has 0 amide bonds. The zero-order valence-corrected chi connectivity index (χ0v) is 13.6. The van der Waals surface area contributed by atoms with Crippen LogP contribution < -0.4 is 5.32 Å². The smallest absolute Gasteiger partial charge is 0.218 e. The number of aromatic nitrogens is 1. The third-order valence-corrected chi connectivity index (χ3v) is 6.61. The van der Waals surface area contributed by atoms with Crippen molar-refractivity contribution >= 4 is 38.4 Å². The monoisotopic (exact) mass is 336 g/mol. The number of benzene rings is 1. The Morgan fingerprint density at radius 2 is 2.18 bits per heavy atom. The summed E-state index contributed by atoms with van der Waals surface area (Å²) >= 11 is 5.38. The van der Waals surface area contributed by atoms with Crippen LogP contribution in [0.15, 0.2) is 30.3 Å². The van der Waals surface area contributed by atoms with Gasteiger partial charge in [-0.05, 0) is 29.7 Å². The Bertz CT molecular complexity index is 755. The molecule has 0 saturated carbocycles. The molecule has 2 aromatic rings. The molecule has 0 bridgehead atoms. The van der Waals surface area contributed by atoms with E-state index in [9.17, 15) is 8.76 Å². The molecule has 3 heterocycles. The highest BCUT2D eigenvalue weighted by Gasteiger charge is 2.53. The second-order valence-electron chi connectivity index (χ2n) is 6.05. The molecule has 5 nitrogen and oxygen atoms in total. The van der Waals surface area contributed by atoms with Crippen LogP contribution in [0.1, 0.15) is 5.69 Å². The van der Waals surface area contributed by atoms with E-state index >= 15 is 0 Å². The summed E-state index contributed by atoms with van der Waals surface area (Å²) in [5.41, 5.74) is 2.30. The van der Waals surface area contributed by atoms with Crippen molar-refractivity contribution in [2.45, 2.75) is 18.5 Å². The van der Waals surface area contributed by atoms with Crippen molar-refractivity contribution < 1.29 is 8.76 Å². The number of H-pyrrole nitrogens is 1. The van der Waals surface area contributed by atoms with Crippen molar-refractivity contribution in [1.29, 1.82) is 0 Å². The zero-order chi connectivity index (χ0) is 15.3. The first-order valence-electron chi connectivity index (χ1n) is 7.38. The van der Waals surface area contributed by atoms with E-state index in [1.54, 1.807) is 0 Å². The SMILES string of the molecule is O=[S+]1(O)C[C@@H]2NC(=S)N(CCc3cc4ccccc4[nH]3)[C@H]2C1. The Morgan fingerprint density at radius 3 is 3.00 bits per heavy atom. The molecule has 2 aliphatic heterocycles. The van der Waals surface area contributed by atoms with E-state index in [2.05, 4.69) is 33.4 Å². The molecule has 0 spiro atoms. The summed E-state index contributed by atoms with van der Waals surface area (Å²) in [7, 11) is -2.69. The molecule has 116 valence electrons. The summed E-state index contributed by atoms with van der Waals surface area (Å²) in [5, 5.41) is 5.11. The molecular formula is C15H18N3O2S2+. The first-order valence-corrected chi connectivity index (χ1v) is 9.64. The van der Waals surface area contributed by atoms with Crippen LogP contribution in [0.5, 0.6) is 0 Å². The molecule has 2 saturated heterocycles. The second-order valence-corrected chi connectivity index (χ2v) is 8.65. The molecule has 1 aromatic carbocycles. The van der Waals surface area contributed by atoms with Crippen LogP contribution in [0.4, 0.5) is 0 Å². The summed E-state index contributed by atoms with van der Waals surface area (Å²) < 4.78 is 21.7. The number of thiocarbonyl (C=S) groups is 1. The summed E-state index contributed by atoms with van der Waals surface area (Å²) in [5.74, 6) is 0.623. The summed E-state index contributed by atoms with van der Waals surface area (Å²) in [4.78, 5) is 5.49. The molecule has 22 heavy (non-hydrogen) atoms. The third-order valence-electron chi connectivity index (χ3n) is 4.51. The summed E-state index contributed by atoms with van der Waals surface area (Å²) in [6.45, 7) is 0.759. The van der Waals surface area contributed by atoms with Crippen LogP contribution in [0, 0.1) is 0 Å². The van der Waals surface area contributed by atoms with Crippen LogP contribution in [0.3, 0.4) is 0 Å². The summed E-state index contributed by atoms with van der Waals surface area (Å²) in [6.07, 6.45) is 0.840. The molecule has 3 N–H and O–H groups in total. The highest BCUT2D eigenvalue weighted by atomic mass is 32.3. The number of aromatic amines is 1. The molecule has 0 aliphatic carbocycles. The molecule has 3 atom stereocenters. The Hall–Kier alpha value is -1.44. The number of para-hydroxylation sites is 1. The fourth-order valence-electron chi connectivity index (χ4n) is 3.46. The topological polar surface area (TPSA) is 68.4 Å². The molecule has 2 fully saturated rings. The van der Waals surface area contributed by atoms with Crippen LogP contribution in [-0.4, -0.2) is 49.7 Å². The maximum Gasteiger partial charge on any atom is 0.218 e. The van der Waals surface area contributed by atoms with Gasteiger partial charge < -0.3 is 15.2 Å². The average Bonchev–Trinajstić information content (AvgIpc) is 3.06. The van der Waals surface area contributed by atoms with Gasteiger partial charge in [-0.2, -0.15) is 4.55 Å². The van der Waals surface area contributed by atoms with Crippen molar-refractivity contribution in [3.05, 3.63) is 36.0 Å². The normalized spacial score (nSPS) is 30.8. The van der Waals surface area contributed by atoms with Gasteiger partial charge in [-0.1, -0.05) is 22.4 Å². The molecular weight excluding hydrogens is 318 g/mol. The lowest BCUT2D eigenvalue weighted by atomic mass is 10.2. The van der Waals surface area contributed by atoms with Gasteiger partial charge in [0.05, 0.1) is 0 Å². The van der Waals surface area contributed by atoms with E-state index in [1.165, 1.54) is 5.39 Å². The zero-order valence-electron chi connectivity index (χ0n) is 12.0. The lowest BCUT2D eigenvalue weighted by Crippen LogP contribution is -2.38. The van der Waals surface area contributed by atoms with Gasteiger partial charge in [0.2, 0.25) is 10.2 Å². The molecule has 2 aliphatic rings. The Balaban J connectivity index is 1.49. The Kier molecular flexibility index (Phi) is 3.25.